The molecule has 2 unspecified atom stereocenters. The van der Waals surface area contributed by atoms with Gasteiger partial charge in [-0.05, 0) is 70.6 Å². The molecular weight excluding hydrogens is 723 g/mol. The Bertz CT molecular complexity index is 939. The van der Waals surface area contributed by atoms with Gasteiger partial charge < -0.3 is 15.5 Å². The third-order valence-electron chi connectivity index (χ3n) is 12.0. The summed E-state index contributed by atoms with van der Waals surface area (Å²) in [5.41, 5.74) is 0. The van der Waals surface area contributed by atoms with E-state index in [-0.39, 0.29) is 12.5 Å². The Morgan fingerprint density at radius 2 is 0.661 bits per heavy atom. The molecule has 0 aliphatic carbocycles. The van der Waals surface area contributed by atoms with Crippen molar-refractivity contribution in [1.29, 1.82) is 0 Å². The van der Waals surface area contributed by atoms with Crippen LogP contribution in [-0.2, 0) is 4.79 Å². The predicted molar refractivity (Wildman–Crippen MR) is 262 cm³/mol. The van der Waals surface area contributed by atoms with E-state index in [1.54, 1.807) is 6.08 Å². The van der Waals surface area contributed by atoms with Crippen LogP contribution < -0.4 is 5.32 Å². The molecule has 59 heavy (non-hydrogen) atoms. The van der Waals surface area contributed by atoms with Crippen molar-refractivity contribution in [1.82, 2.24) is 5.32 Å². The van der Waals surface area contributed by atoms with E-state index in [1.165, 1.54) is 218 Å². The van der Waals surface area contributed by atoms with Gasteiger partial charge in [0.05, 0.1) is 18.8 Å². The number of unbranched alkanes of at least 4 members (excludes halogenated alkanes) is 35. The Labute approximate surface area is 369 Å². The van der Waals surface area contributed by atoms with Gasteiger partial charge in [-0.3, -0.25) is 4.79 Å². The van der Waals surface area contributed by atoms with Crippen LogP contribution in [0.5, 0.6) is 0 Å². The molecule has 0 aromatic carbocycles. The minimum absolute atomic E-state index is 0.0761. The van der Waals surface area contributed by atoms with E-state index in [1.807, 2.05) is 6.08 Å². The van der Waals surface area contributed by atoms with E-state index in [9.17, 15) is 15.0 Å². The summed E-state index contributed by atoms with van der Waals surface area (Å²) < 4.78 is 0. The fourth-order valence-electron chi connectivity index (χ4n) is 7.97. The zero-order valence-electron chi connectivity index (χ0n) is 39.8. The van der Waals surface area contributed by atoms with Gasteiger partial charge in [0.15, 0.2) is 0 Å². The average Bonchev–Trinajstić information content (AvgIpc) is 3.24. The lowest BCUT2D eigenvalue weighted by Crippen LogP contribution is -2.45. The third kappa shape index (κ3) is 47.3. The monoisotopic (exact) mass is 826 g/mol. The fraction of sp³-hybridized carbons (Fsp3) is 0.836. The van der Waals surface area contributed by atoms with Gasteiger partial charge in [-0.25, -0.2) is 0 Å². The van der Waals surface area contributed by atoms with Crippen LogP contribution in [0.2, 0.25) is 0 Å². The number of aliphatic hydroxyl groups excluding tert-OH is 2. The Hall–Kier alpha value is -1.65. The number of aliphatic hydroxyl groups is 2. The molecule has 0 saturated heterocycles. The number of carbonyl (C=O) groups excluding carboxylic acids is 1. The molecule has 3 N–H and O–H groups in total. The minimum atomic E-state index is -0.870. The molecule has 0 aliphatic rings. The number of amides is 1. The molecule has 346 valence electrons. The van der Waals surface area contributed by atoms with Crippen molar-refractivity contribution in [3.63, 3.8) is 0 Å². The Morgan fingerprint density at radius 3 is 0.983 bits per heavy atom. The largest absolute Gasteiger partial charge is 0.394 e. The van der Waals surface area contributed by atoms with Crippen LogP contribution in [0.3, 0.4) is 0 Å². The second-order valence-corrected chi connectivity index (χ2v) is 17.9. The molecule has 0 aliphatic heterocycles. The SMILES string of the molecule is CCCCCCCCCC/C=C/CC/C=C/CC/C=C/C(O)C(CO)NC(=O)CCCCCCCCCCCCCCC/C=C\CCCCCCCCCCCCCC. The summed E-state index contributed by atoms with van der Waals surface area (Å²) in [6.45, 7) is 4.31. The van der Waals surface area contributed by atoms with Crippen molar-refractivity contribution < 1.29 is 15.0 Å². The van der Waals surface area contributed by atoms with E-state index in [4.69, 9.17) is 0 Å². The van der Waals surface area contributed by atoms with Crippen LogP contribution in [0, 0.1) is 0 Å². The smallest absolute Gasteiger partial charge is 0.220 e. The molecule has 2 atom stereocenters. The molecule has 1 amide bonds. The van der Waals surface area contributed by atoms with Crippen molar-refractivity contribution in [3.8, 4) is 0 Å². The third-order valence-corrected chi connectivity index (χ3v) is 12.0. The standard InChI is InChI=1S/C55H103NO3/c1-3-5-7-9-11-13-15-17-19-21-23-24-25-26-27-28-29-30-31-32-33-35-37-39-41-43-45-47-49-51-55(59)56-53(52-57)54(58)50-48-46-44-42-40-38-36-34-22-20-18-16-14-12-10-8-6-4-2/h22,26-27,34,40,42,48,50,53-54,57-58H,3-21,23-25,28-33,35-39,41,43-47,49,51-52H2,1-2H3,(H,56,59)/b27-26-,34-22+,42-40+,50-48+. The highest BCUT2D eigenvalue weighted by molar-refractivity contribution is 5.76. The zero-order valence-corrected chi connectivity index (χ0v) is 39.8. The minimum Gasteiger partial charge on any atom is -0.394 e. The summed E-state index contributed by atoms with van der Waals surface area (Å²) in [5, 5.41) is 23.1. The average molecular weight is 826 g/mol. The topological polar surface area (TPSA) is 69.6 Å². The highest BCUT2D eigenvalue weighted by Crippen LogP contribution is 2.16. The van der Waals surface area contributed by atoms with E-state index < -0.39 is 12.1 Å². The lowest BCUT2D eigenvalue weighted by Gasteiger charge is -2.19. The molecule has 0 bridgehead atoms. The summed E-state index contributed by atoms with van der Waals surface area (Å²) in [4.78, 5) is 12.4. The van der Waals surface area contributed by atoms with Gasteiger partial charge >= 0.3 is 0 Å². The molecule has 0 saturated carbocycles. The Morgan fingerprint density at radius 1 is 0.390 bits per heavy atom. The first kappa shape index (κ1) is 57.3. The van der Waals surface area contributed by atoms with E-state index in [2.05, 4.69) is 55.6 Å². The molecule has 0 radical (unpaired) electrons. The van der Waals surface area contributed by atoms with Crippen LogP contribution in [0.25, 0.3) is 0 Å². The number of carbonyl (C=O) groups is 1. The predicted octanol–water partition coefficient (Wildman–Crippen LogP) is 17.1. The van der Waals surface area contributed by atoms with Gasteiger partial charge in [-0.1, -0.05) is 249 Å². The molecule has 0 aromatic heterocycles. The van der Waals surface area contributed by atoms with Crippen molar-refractivity contribution in [2.75, 3.05) is 6.61 Å². The molecule has 0 aromatic rings. The second kappa shape index (κ2) is 50.7. The van der Waals surface area contributed by atoms with Crippen molar-refractivity contribution >= 4 is 5.91 Å². The maximum atomic E-state index is 12.4. The van der Waals surface area contributed by atoms with E-state index in [0.717, 1.165) is 38.5 Å². The normalized spacial score (nSPS) is 13.2. The van der Waals surface area contributed by atoms with Gasteiger partial charge in [0, 0.05) is 6.42 Å². The van der Waals surface area contributed by atoms with Gasteiger partial charge in [0.2, 0.25) is 5.91 Å². The number of allylic oxidation sites excluding steroid dienone is 7. The van der Waals surface area contributed by atoms with Gasteiger partial charge in [-0.2, -0.15) is 0 Å². The molecule has 4 nitrogen and oxygen atoms in total. The molecule has 0 spiro atoms. The number of nitrogens with one attached hydrogen (secondary N) is 1. The number of rotatable bonds is 48. The van der Waals surface area contributed by atoms with Gasteiger partial charge in [0.25, 0.3) is 0 Å². The van der Waals surface area contributed by atoms with Crippen molar-refractivity contribution in [2.45, 2.75) is 289 Å². The first-order chi connectivity index (χ1) is 29.2. The highest BCUT2D eigenvalue weighted by Gasteiger charge is 2.17. The van der Waals surface area contributed by atoms with Crippen LogP contribution in [0.15, 0.2) is 48.6 Å². The highest BCUT2D eigenvalue weighted by atomic mass is 16.3. The second-order valence-electron chi connectivity index (χ2n) is 17.9. The maximum absolute atomic E-state index is 12.4. The Balaban J connectivity index is 3.53. The maximum Gasteiger partial charge on any atom is 0.220 e. The van der Waals surface area contributed by atoms with E-state index in [0.29, 0.717) is 6.42 Å². The molecule has 0 heterocycles. The van der Waals surface area contributed by atoms with Crippen molar-refractivity contribution in [2.24, 2.45) is 0 Å². The van der Waals surface area contributed by atoms with Crippen LogP contribution >= 0.6 is 0 Å². The summed E-state index contributed by atoms with van der Waals surface area (Å²) in [6.07, 6.45) is 69.7. The van der Waals surface area contributed by atoms with Crippen LogP contribution in [0.4, 0.5) is 0 Å². The number of hydrogen-bond donors (Lipinski definition) is 3. The van der Waals surface area contributed by atoms with Crippen molar-refractivity contribution in [3.05, 3.63) is 48.6 Å². The van der Waals surface area contributed by atoms with Gasteiger partial charge in [-0.15, -0.1) is 0 Å². The molecule has 4 heteroatoms. The fourth-order valence-corrected chi connectivity index (χ4v) is 7.97. The summed E-state index contributed by atoms with van der Waals surface area (Å²) in [7, 11) is 0. The lowest BCUT2D eigenvalue weighted by atomic mass is 10.0. The first-order valence-corrected chi connectivity index (χ1v) is 26.4. The zero-order chi connectivity index (χ0) is 42.8. The van der Waals surface area contributed by atoms with Crippen LogP contribution in [0.1, 0.15) is 277 Å². The van der Waals surface area contributed by atoms with Gasteiger partial charge in [0.1, 0.15) is 0 Å². The van der Waals surface area contributed by atoms with E-state index >= 15 is 0 Å². The molecular formula is C55H103NO3. The summed E-state index contributed by atoms with van der Waals surface area (Å²) in [5.74, 6) is -0.0761. The quantitative estimate of drug-likeness (QED) is 0.0423. The summed E-state index contributed by atoms with van der Waals surface area (Å²) >= 11 is 0. The Kier molecular flexibility index (Phi) is 49.3. The summed E-state index contributed by atoms with van der Waals surface area (Å²) in [6, 6.07) is -0.646. The lowest BCUT2D eigenvalue weighted by molar-refractivity contribution is -0.123. The number of hydrogen-bond acceptors (Lipinski definition) is 3. The first-order valence-electron chi connectivity index (χ1n) is 26.4. The molecule has 0 fully saturated rings. The van der Waals surface area contributed by atoms with Crippen LogP contribution in [-0.4, -0.2) is 34.9 Å². The molecule has 0 rings (SSSR count).